The highest BCUT2D eigenvalue weighted by Gasteiger charge is 2.14. The molecule has 3 heterocycles. The summed E-state index contributed by atoms with van der Waals surface area (Å²) in [4.78, 5) is 24.0. The lowest BCUT2D eigenvalue weighted by Crippen LogP contribution is -2.04. The lowest BCUT2D eigenvalue weighted by molar-refractivity contribution is 0.102. The first-order valence-electron chi connectivity index (χ1n) is 6.28. The Labute approximate surface area is 134 Å². The third-order valence-corrected chi connectivity index (χ3v) is 5.63. The van der Waals surface area contributed by atoms with Crippen molar-refractivity contribution in [3.05, 3.63) is 32.8 Å². The number of hydrogen-bond acceptors (Lipinski definition) is 7. The normalized spacial score (nSPS) is 11.1. The zero-order chi connectivity index (χ0) is 15.0. The molecule has 3 aromatic rings. The molecule has 0 saturated carbocycles. The highest BCUT2D eigenvalue weighted by molar-refractivity contribution is 7.99. The van der Waals surface area contributed by atoms with E-state index in [0.29, 0.717) is 16.7 Å². The van der Waals surface area contributed by atoms with Gasteiger partial charge >= 0.3 is 0 Å². The van der Waals surface area contributed by atoms with Gasteiger partial charge < -0.3 is 5.73 Å². The van der Waals surface area contributed by atoms with E-state index in [1.807, 2.05) is 31.4 Å². The second kappa shape index (κ2) is 5.75. The number of fused-ring (bicyclic) bond motifs is 1. The first kappa shape index (κ1) is 14.5. The van der Waals surface area contributed by atoms with Crippen LogP contribution in [0.5, 0.6) is 0 Å². The molecular weight excluding hydrogens is 322 g/mol. The average molecular weight is 335 g/mol. The molecule has 4 nitrogen and oxygen atoms in total. The highest BCUT2D eigenvalue weighted by atomic mass is 32.2. The SMILES string of the molecule is Cc1cc(C(=O)CSc2nc(N)c3ccsc3n2)c(C)s1. The van der Waals surface area contributed by atoms with Gasteiger partial charge in [0.2, 0.25) is 0 Å². The van der Waals surface area contributed by atoms with Crippen LogP contribution in [0.15, 0.2) is 22.7 Å². The van der Waals surface area contributed by atoms with Crippen molar-refractivity contribution in [1.82, 2.24) is 9.97 Å². The van der Waals surface area contributed by atoms with Crippen LogP contribution in [-0.2, 0) is 0 Å². The predicted octanol–water partition coefficient (Wildman–Crippen LogP) is 3.93. The van der Waals surface area contributed by atoms with E-state index in [9.17, 15) is 4.79 Å². The van der Waals surface area contributed by atoms with Gasteiger partial charge in [-0.3, -0.25) is 4.79 Å². The molecule has 0 saturated heterocycles. The number of aromatic nitrogens is 2. The van der Waals surface area contributed by atoms with Crippen molar-refractivity contribution in [1.29, 1.82) is 0 Å². The molecule has 0 aliphatic carbocycles. The maximum Gasteiger partial charge on any atom is 0.191 e. The van der Waals surface area contributed by atoms with Gasteiger partial charge in [0.1, 0.15) is 10.6 Å². The van der Waals surface area contributed by atoms with E-state index in [1.165, 1.54) is 23.1 Å². The molecule has 0 atom stereocenters. The molecule has 21 heavy (non-hydrogen) atoms. The van der Waals surface area contributed by atoms with Gasteiger partial charge in [-0.1, -0.05) is 11.8 Å². The van der Waals surface area contributed by atoms with Crippen LogP contribution in [0.25, 0.3) is 10.2 Å². The van der Waals surface area contributed by atoms with Gasteiger partial charge in [0.25, 0.3) is 0 Å². The minimum atomic E-state index is 0.107. The Morgan fingerprint density at radius 1 is 1.38 bits per heavy atom. The quantitative estimate of drug-likeness (QED) is 0.444. The fourth-order valence-electron chi connectivity index (χ4n) is 2.04. The van der Waals surface area contributed by atoms with Gasteiger partial charge in [-0.05, 0) is 31.4 Å². The van der Waals surface area contributed by atoms with Crippen LogP contribution in [-0.4, -0.2) is 21.5 Å². The molecule has 0 aromatic carbocycles. The van der Waals surface area contributed by atoms with Gasteiger partial charge in [0.05, 0.1) is 11.1 Å². The number of rotatable bonds is 4. The molecule has 0 radical (unpaired) electrons. The van der Waals surface area contributed by atoms with Gasteiger partial charge in [0, 0.05) is 15.3 Å². The van der Waals surface area contributed by atoms with Crippen LogP contribution in [0.1, 0.15) is 20.1 Å². The Kier molecular flexibility index (Phi) is 3.97. The summed E-state index contributed by atoms with van der Waals surface area (Å²) < 4.78 is 0. The molecule has 108 valence electrons. The van der Waals surface area contributed by atoms with E-state index in [0.717, 1.165) is 25.5 Å². The van der Waals surface area contributed by atoms with E-state index in [2.05, 4.69) is 9.97 Å². The number of nitrogens with zero attached hydrogens (tertiary/aromatic N) is 2. The number of carbonyl (C=O) groups excluding carboxylic acids is 1. The Morgan fingerprint density at radius 2 is 2.19 bits per heavy atom. The smallest absolute Gasteiger partial charge is 0.191 e. The fourth-order valence-corrected chi connectivity index (χ4v) is 4.54. The number of aryl methyl sites for hydroxylation is 2. The topological polar surface area (TPSA) is 68.9 Å². The van der Waals surface area contributed by atoms with Crippen LogP contribution >= 0.6 is 34.4 Å². The summed E-state index contributed by atoms with van der Waals surface area (Å²) in [7, 11) is 0. The van der Waals surface area contributed by atoms with Gasteiger partial charge in [0.15, 0.2) is 10.9 Å². The first-order valence-corrected chi connectivity index (χ1v) is 8.96. The van der Waals surface area contributed by atoms with E-state index in [1.54, 1.807) is 11.3 Å². The van der Waals surface area contributed by atoms with Crippen molar-refractivity contribution in [2.24, 2.45) is 0 Å². The molecule has 3 aromatic heterocycles. The average Bonchev–Trinajstić information content (AvgIpc) is 3.02. The molecule has 0 fully saturated rings. The largest absolute Gasteiger partial charge is 0.383 e. The molecule has 0 aliphatic heterocycles. The third kappa shape index (κ3) is 2.95. The number of anilines is 1. The van der Waals surface area contributed by atoms with Gasteiger partial charge in [-0.15, -0.1) is 22.7 Å². The zero-order valence-electron chi connectivity index (χ0n) is 11.5. The number of nitrogen functional groups attached to an aromatic ring is 1. The molecule has 7 heteroatoms. The van der Waals surface area contributed by atoms with Crippen LogP contribution in [0.2, 0.25) is 0 Å². The van der Waals surface area contributed by atoms with E-state index in [4.69, 9.17) is 5.73 Å². The standard InChI is InChI=1S/C14H13N3OS3/c1-7-5-10(8(2)21-7)11(18)6-20-14-16-12(15)9-3-4-19-13(9)17-14/h3-5H,6H2,1-2H3,(H2,15,16,17). The monoisotopic (exact) mass is 335 g/mol. The Hall–Kier alpha value is -1.44. The van der Waals surface area contributed by atoms with E-state index < -0.39 is 0 Å². The number of thioether (sulfide) groups is 1. The maximum atomic E-state index is 12.3. The number of hydrogen-bond donors (Lipinski definition) is 1. The van der Waals surface area contributed by atoms with Crippen molar-refractivity contribution in [2.45, 2.75) is 19.0 Å². The minimum absolute atomic E-state index is 0.107. The first-order chi connectivity index (χ1) is 10.0. The lowest BCUT2D eigenvalue weighted by Gasteiger charge is -2.02. The van der Waals surface area contributed by atoms with Crippen molar-refractivity contribution >= 4 is 56.3 Å². The van der Waals surface area contributed by atoms with Crippen molar-refractivity contribution in [2.75, 3.05) is 11.5 Å². The summed E-state index contributed by atoms with van der Waals surface area (Å²) in [5.41, 5.74) is 6.71. The summed E-state index contributed by atoms with van der Waals surface area (Å²) in [5.74, 6) is 0.905. The van der Waals surface area contributed by atoms with Crippen LogP contribution in [0.4, 0.5) is 5.82 Å². The Bertz CT molecular complexity index is 822. The van der Waals surface area contributed by atoms with Crippen molar-refractivity contribution < 1.29 is 4.79 Å². The third-order valence-electron chi connectivity index (χ3n) is 3.01. The van der Waals surface area contributed by atoms with Crippen LogP contribution in [0.3, 0.4) is 0 Å². The maximum absolute atomic E-state index is 12.3. The molecule has 2 N–H and O–H groups in total. The predicted molar refractivity (Wildman–Crippen MR) is 90.7 cm³/mol. The second-order valence-electron chi connectivity index (χ2n) is 4.57. The van der Waals surface area contributed by atoms with Crippen LogP contribution < -0.4 is 5.73 Å². The minimum Gasteiger partial charge on any atom is -0.383 e. The molecule has 0 spiro atoms. The lowest BCUT2D eigenvalue weighted by atomic mass is 10.2. The summed E-state index contributed by atoms with van der Waals surface area (Å²) >= 11 is 4.50. The summed E-state index contributed by atoms with van der Waals surface area (Å²) in [5, 5.41) is 3.37. The molecule has 3 rings (SSSR count). The summed E-state index contributed by atoms with van der Waals surface area (Å²) in [6, 6.07) is 3.85. The fraction of sp³-hybridized carbons (Fsp3) is 0.214. The Morgan fingerprint density at radius 3 is 2.90 bits per heavy atom. The molecule has 0 aliphatic rings. The number of carbonyl (C=O) groups is 1. The summed E-state index contributed by atoms with van der Waals surface area (Å²) in [6.45, 7) is 3.98. The zero-order valence-corrected chi connectivity index (χ0v) is 14.0. The van der Waals surface area contributed by atoms with Gasteiger partial charge in [-0.2, -0.15) is 0 Å². The van der Waals surface area contributed by atoms with E-state index >= 15 is 0 Å². The highest BCUT2D eigenvalue weighted by Crippen LogP contribution is 2.27. The Balaban J connectivity index is 1.77. The van der Waals surface area contributed by atoms with E-state index in [-0.39, 0.29) is 5.78 Å². The second-order valence-corrected chi connectivity index (χ2v) is 7.87. The number of ketones is 1. The molecule has 0 unspecified atom stereocenters. The molecule has 0 bridgehead atoms. The number of nitrogens with two attached hydrogens (primary N) is 1. The van der Waals surface area contributed by atoms with Gasteiger partial charge in [-0.25, -0.2) is 9.97 Å². The molecule has 0 amide bonds. The number of thiophene rings is 2. The van der Waals surface area contributed by atoms with Crippen molar-refractivity contribution in [3.63, 3.8) is 0 Å². The summed E-state index contributed by atoms with van der Waals surface area (Å²) in [6.07, 6.45) is 0. The number of Topliss-reactive ketones (excluding diaryl/α,β-unsaturated/α-hetero) is 1. The van der Waals surface area contributed by atoms with Crippen molar-refractivity contribution in [3.8, 4) is 0 Å². The van der Waals surface area contributed by atoms with Crippen LogP contribution in [0, 0.1) is 13.8 Å². The molecular formula is C14H13N3OS3.